The van der Waals surface area contributed by atoms with Crippen molar-refractivity contribution in [3.05, 3.63) is 32.6 Å². The fourth-order valence-electron chi connectivity index (χ4n) is 3.49. The molecule has 1 unspecified atom stereocenters. The van der Waals surface area contributed by atoms with Gasteiger partial charge in [-0.1, -0.05) is 70.1 Å². The maximum absolute atomic E-state index is 13.8. The van der Waals surface area contributed by atoms with Gasteiger partial charge in [-0.15, -0.1) is 0 Å². The topological polar surface area (TPSA) is 84.3 Å². The highest BCUT2D eigenvalue weighted by molar-refractivity contribution is 5.29. The summed E-state index contributed by atoms with van der Waals surface area (Å²) in [5, 5.41) is 9.11. The molecule has 1 aromatic heterocycles. The molecule has 7 heteroatoms. The number of aromatic amines is 1. The predicted molar refractivity (Wildman–Crippen MR) is 111 cm³/mol. The first-order chi connectivity index (χ1) is 14.1. The van der Waals surface area contributed by atoms with Gasteiger partial charge in [-0.3, -0.25) is 14.3 Å². The molecule has 1 fully saturated rings. The zero-order valence-corrected chi connectivity index (χ0v) is 17.3. The van der Waals surface area contributed by atoms with E-state index in [9.17, 15) is 14.0 Å². The van der Waals surface area contributed by atoms with Crippen LogP contribution in [0.2, 0.25) is 0 Å². The Morgan fingerprint density at radius 2 is 1.83 bits per heavy atom. The number of aromatic nitrogens is 2. The molecule has 162 valence electrons. The van der Waals surface area contributed by atoms with Crippen LogP contribution in [0.15, 0.2) is 15.8 Å². The number of hydrogen-bond acceptors (Lipinski definition) is 4. The number of rotatable bonds is 11. The van der Waals surface area contributed by atoms with E-state index in [1.807, 2.05) is 0 Å². The number of ether oxygens (including phenoxy) is 1. The minimum Gasteiger partial charge on any atom is -0.394 e. The predicted octanol–water partition coefficient (Wildman–Crippen LogP) is 3.43. The van der Waals surface area contributed by atoms with Crippen LogP contribution < -0.4 is 11.2 Å². The zero-order chi connectivity index (χ0) is 21.1. The van der Waals surface area contributed by atoms with Gasteiger partial charge in [0.15, 0.2) is 0 Å². The fraction of sp³-hybridized carbons (Fsp3) is 0.727. The zero-order valence-electron chi connectivity index (χ0n) is 17.3. The Morgan fingerprint density at radius 1 is 1.17 bits per heavy atom. The lowest BCUT2D eigenvalue weighted by Gasteiger charge is -2.14. The lowest BCUT2D eigenvalue weighted by atomic mass is 10.1. The summed E-state index contributed by atoms with van der Waals surface area (Å²) in [6.07, 6.45) is 9.88. The summed E-state index contributed by atoms with van der Waals surface area (Å²) in [4.78, 5) is 26.2. The van der Waals surface area contributed by atoms with Crippen molar-refractivity contribution in [3.63, 3.8) is 0 Å². The van der Waals surface area contributed by atoms with Gasteiger partial charge >= 0.3 is 5.69 Å². The second-order valence-electron chi connectivity index (χ2n) is 7.65. The molecular weight excluding hydrogens is 375 g/mol. The molecule has 2 N–H and O–H groups in total. The first kappa shape index (κ1) is 23.4. The normalized spacial score (nSPS) is 21.1. The Hall–Kier alpha value is -1.91. The van der Waals surface area contributed by atoms with Gasteiger partial charge in [-0.2, -0.15) is 0 Å². The standard InChI is InChI=1S/C22H33FN2O4/c1-2-3-4-5-6-7-8-9-10-11-12-13-17-15-25(22(28)24-21(17)27)20-14-18(23)19(16-26)29-20/h15,18-20,26H,2-11,14,16H2,1H3,(H,24,27,28)/t18?,19-,20-/m1/s1. The van der Waals surface area contributed by atoms with Gasteiger partial charge in [-0.05, 0) is 6.42 Å². The summed E-state index contributed by atoms with van der Waals surface area (Å²) < 4.78 is 20.3. The third kappa shape index (κ3) is 7.45. The highest BCUT2D eigenvalue weighted by Gasteiger charge is 2.36. The molecule has 0 spiro atoms. The third-order valence-electron chi connectivity index (χ3n) is 5.25. The Bertz CT molecular complexity index is 792. The summed E-state index contributed by atoms with van der Waals surface area (Å²) in [5.74, 6) is 5.80. The molecule has 1 saturated heterocycles. The van der Waals surface area contributed by atoms with E-state index in [1.165, 1.54) is 51.1 Å². The van der Waals surface area contributed by atoms with Crippen LogP contribution in [-0.4, -0.2) is 33.5 Å². The lowest BCUT2D eigenvalue weighted by Crippen LogP contribution is -2.33. The number of nitrogens with one attached hydrogen (secondary N) is 1. The van der Waals surface area contributed by atoms with Gasteiger partial charge in [0.05, 0.1) is 6.61 Å². The van der Waals surface area contributed by atoms with Gasteiger partial charge in [-0.25, -0.2) is 9.18 Å². The number of halogens is 1. The minimum atomic E-state index is -1.36. The molecule has 2 rings (SSSR count). The van der Waals surface area contributed by atoms with Crippen molar-refractivity contribution in [3.8, 4) is 11.8 Å². The van der Waals surface area contributed by atoms with Gasteiger partial charge in [0, 0.05) is 19.0 Å². The number of alkyl halides is 1. The van der Waals surface area contributed by atoms with Crippen LogP contribution in [0.3, 0.4) is 0 Å². The molecule has 0 aliphatic carbocycles. The van der Waals surface area contributed by atoms with Crippen LogP contribution in [0.1, 0.15) is 89.3 Å². The highest BCUT2D eigenvalue weighted by atomic mass is 19.1. The van der Waals surface area contributed by atoms with Gasteiger partial charge in [0.25, 0.3) is 5.56 Å². The summed E-state index contributed by atoms with van der Waals surface area (Å²) in [6.45, 7) is 1.76. The van der Waals surface area contributed by atoms with Crippen molar-refractivity contribution < 1.29 is 14.2 Å². The van der Waals surface area contributed by atoms with E-state index in [0.717, 1.165) is 17.4 Å². The quantitative estimate of drug-likeness (QED) is 0.434. The van der Waals surface area contributed by atoms with Crippen LogP contribution in [0.5, 0.6) is 0 Å². The molecule has 0 aromatic carbocycles. The SMILES string of the molecule is CCCCCCCCCCCC#Cc1cn([C@H]2CC(F)[C@@H](CO)O2)c(=O)[nH]c1=O. The molecule has 2 heterocycles. The molecular formula is C22H33FN2O4. The first-order valence-electron chi connectivity index (χ1n) is 10.8. The van der Waals surface area contributed by atoms with E-state index >= 15 is 0 Å². The molecule has 0 radical (unpaired) electrons. The van der Waals surface area contributed by atoms with E-state index < -0.39 is 36.4 Å². The molecule has 0 bridgehead atoms. The third-order valence-corrected chi connectivity index (χ3v) is 5.25. The molecule has 1 aliphatic rings. The molecule has 6 nitrogen and oxygen atoms in total. The lowest BCUT2D eigenvalue weighted by molar-refractivity contribution is -0.0356. The summed E-state index contributed by atoms with van der Waals surface area (Å²) in [6, 6.07) is 0. The molecule has 1 aliphatic heterocycles. The van der Waals surface area contributed by atoms with E-state index in [0.29, 0.717) is 6.42 Å². The van der Waals surface area contributed by atoms with Crippen molar-refractivity contribution in [1.29, 1.82) is 0 Å². The van der Waals surface area contributed by atoms with Crippen molar-refractivity contribution in [2.24, 2.45) is 0 Å². The van der Waals surface area contributed by atoms with Crippen molar-refractivity contribution in [2.75, 3.05) is 6.61 Å². The van der Waals surface area contributed by atoms with Crippen LogP contribution >= 0.6 is 0 Å². The van der Waals surface area contributed by atoms with E-state index in [1.54, 1.807) is 0 Å². The Balaban J connectivity index is 1.81. The fourth-order valence-corrected chi connectivity index (χ4v) is 3.49. The second kappa shape index (κ2) is 12.6. The number of unbranched alkanes of at least 4 members (excludes halogenated alkanes) is 9. The largest absolute Gasteiger partial charge is 0.394 e. The first-order valence-corrected chi connectivity index (χ1v) is 10.8. The van der Waals surface area contributed by atoms with Crippen molar-refractivity contribution >= 4 is 0 Å². The number of aliphatic hydroxyl groups excluding tert-OH is 1. The summed E-state index contributed by atoms with van der Waals surface area (Å²) in [7, 11) is 0. The number of aliphatic hydroxyl groups is 1. The van der Waals surface area contributed by atoms with Crippen LogP contribution in [0, 0.1) is 11.8 Å². The Labute approximate surface area is 171 Å². The monoisotopic (exact) mass is 408 g/mol. The van der Waals surface area contributed by atoms with Crippen LogP contribution in [-0.2, 0) is 4.74 Å². The molecule has 0 amide bonds. The van der Waals surface area contributed by atoms with Crippen LogP contribution in [0.25, 0.3) is 0 Å². The molecule has 29 heavy (non-hydrogen) atoms. The van der Waals surface area contributed by atoms with Gasteiger partial charge in [0.2, 0.25) is 0 Å². The Kier molecular flexibility index (Phi) is 10.2. The van der Waals surface area contributed by atoms with E-state index in [-0.39, 0.29) is 12.0 Å². The average Bonchev–Trinajstić information content (AvgIpc) is 3.08. The van der Waals surface area contributed by atoms with Gasteiger partial charge < -0.3 is 9.84 Å². The van der Waals surface area contributed by atoms with Crippen LogP contribution in [0.4, 0.5) is 4.39 Å². The maximum Gasteiger partial charge on any atom is 0.330 e. The second-order valence-corrected chi connectivity index (χ2v) is 7.65. The summed E-state index contributed by atoms with van der Waals surface area (Å²) in [5.41, 5.74) is -1.07. The average molecular weight is 409 g/mol. The number of hydrogen-bond donors (Lipinski definition) is 2. The number of H-pyrrole nitrogens is 1. The van der Waals surface area contributed by atoms with Crippen molar-refractivity contribution in [2.45, 2.75) is 96.1 Å². The molecule has 0 saturated carbocycles. The molecule has 1 aromatic rings. The Morgan fingerprint density at radius 3 is 2.45 bits per heavy atom. The minimum absolute atomic E-state index is 0.0531. The molecule has 3 atom stereocenters. The maximum atomic E-state index is 13.8. The van der Waals surface area contributed by atoms with Gasteiger partial charge in [0.1, 0.15) is 24.1 Å². The summed E-state index contributed by atoms with van der Waals surface area (Å²) >= 11 is 0. The number of nitrogens with zero attached hydrogens (tertiary/aromatic N) is 1. The van der Waals surface area contributed by atoms with E-state index in [4.69, 9.17) is 9.84 Å². The smallest absolute Gasteiger partial charge is 0.330 e. The van der Waals surface area contributed by atoms with Crippen molar-refractivity contribution in [1.82, 2.24) is 9.55 Å². The van der Waals surface area contributed by atoms with E-state index in [2.05, 4.69) is 23.7 Å². The highest BCUT2D eigenvalue weighted by Crippen LogP contribution is 2.29.